The van der Waals surface area contributed by atoms with Gasteiger partial charge in [-0.1, -0.05) is 11.6 Å². The summed E-state index contributed by atoms with van der Waals surface area (Å²) >= 11 is 5.60. The molecule has 0 aliphatic carbocycles. The van der Waals surface area contributed by atoms with Crippen LogP contribution in [0.15, 0.2) is 18.3 Å². The van der Waals surface area contributed by atoms with Gasteiger partial charge in [0, 0.05) is 12.7 Å². The van der Waals surface area contributed by atoms with Crippen molar-refractivity contribution in [3.05, 3.63) is 29.0 Å². The number of aliphatic hydroxyl groups is 2. The Morgan fingerprint density at radius 2 is 2.15 bits per heavy atom. The number of nitrogens with two attached hydrogens (primary N) is 1. The lowest BCUT2D eigenvalue weighted by molar-refractivity contribution is 0.0217. The van der Waals surface area contributed by atoms with Crippen molar-refractivity contribution in [2.45, 2.75) is 12.2 Å². The normalized spacial score (nSPS) is 15.4. The van der Waals surface area contributed by atoms with E-state index in [2.05, 4.69) is 4.98 Å². The highest BCUT2D eigenvalue weighted by atomic mass is 35.5. The number of pyridine rings is 1. The maximum atomic E-state index is 9.44. The van der Waals surface area contributed by atoms with Crippen molar-refractivity contribution < 1.29 is 10.2 Å². The third-order valence-corrected chi connectivity index (χ3v) is 1.88. The van der Waals surface area contributed by atoms with Crippen molar-refractivity contribution in [2.75, 3.05) is 6.54 Å². The number of aromatic nitrogens is 1. The van der Waals surface area contributed by atoms with E-state index in [1.54, 1.807) is 12.1 Å². The van der Waals surface area contributed by atoms with Gasteiger partial charge in [0.2, 0.25) is 0 Å². The molecule has 0 saturated carbocycles. The van der Waals surface area contributed by atoms with E-state index in [-0.39, 0.29) is 6.54 Å². The summed E-state index contributed by atoms with van der Waals surface area (Å²) in [6.45, 7) is -0.00846. The molecule has 1 heterocycles. The first kappa shape index (κ1) is 10.4. The second-order valence-corrected chi connectivity index (χ2v) is 3.09. The minimum absolute atomic E-state index is 0.00846. The van der Waals surface area contributed by atoms with Crippen LogP contribution >= 0.6 is 11.6 Å². The number of hydrogen-bond donors (Lipinski definition) is 3. The van der Waals surface area contributed by atoms with Gasteiger partial charge in [-0.2, -0.15) is 0 Å². The highest BCUT2D eigenvalue weighted by molar-refractivity contribution is 6.30. The quantitative estimate of drug-likeness (QED) is 0.649. The van der Waals surface area contributed by atoms with Crippen molar-refractivity contribution in [2.24, 2.45) is 5.73 Å². The Kier molecular flexibility index (Phi) is 3.62. The van der Waals surface area contributed by atoms with Crippen molar-refractivity contribution in [1.29, 1.82) is 0 Å². The van der Waals surface area contributed by atoms with E-state index in [1.165, 1.54) is 6.20 Å². The molecule has 4 nitrogen and oxygen atoms in total. The van der Waals surface area contributed by atoms with Crippen LogP contribution in [-0.4, -0.2) is 27.8 Å². The maximum Gasteiger partial charge on any atom is 0.123 e. The zero-order chi connectivity index (χ0) is 9.84. The zero-order valence-electron chi connectivity index (χ0n) is 6.89. The summed E-state index contributed by atoms with van der Waals surface area (Å²) < 4.78 is 0. The number of halogens is 1. The number of nitrogens with zero attached hydrogens (tertiary/aromatic N) is 1. The first-order valence-corrected chi connectivity index (χ1v) is 4.20. The first-order valence-electron chi connectivity index (χ1n) is 3.83. The topological polar surface area (TPSA) is 79.4 Å². The highest BCUT2D eigenvalue weighted by Gasteiger charge is 2.17. The van der Waals surface area contributed by atoms with Gasteiger partial charge in [0.25, 0.3) is 0 Å². The Hall–Kier alpha value is -0.680. The summed E-state index contributed by atoms with van der Waals surface area (Å²) in [7, 11) is 0. The van der Waals surface area contributed by atoms with Gasteiger partial charge in [0.1, 0.15) is 6.10 Å². The predicted molar refractivity (Wildman–Crippen MR) is 49.3 cm³/mol. The van der Waals surface area contributed by atoms with Gasteiger partial charge in [-0.05, 0) is 12.1 Å². The maximum absolute atomic E-state index is 9.44. The monoisotopic (exact) mass is 202 g/mol. The molecule has 0 aliphatic heterocycles. The van der Waals surface area contributed by atoms with Crippen LogP contribution in [-0.2, 0) is 0 Å². The SMILES string of the molecule is NCC(O)C(O)c1ccc(Cl)cn1. The number of hydrogen-bond acceptors (Lipinski definition) is 4. The molecular formula is C8H11ClN2O2. The molecule has 2 unspecified atom stereocenters. The van der Waals surface area contributed by atoms with Crippen LogP contribution in [0.3, 0.4) is 0 Å². The molecule has 72 valence electrons. The fourth-order valence-corrected chi connectivity index (χ4v) is 1.00. The second-order valence-electron chi connectivity index (χ2n) is 2.65. The van der Waals surface area contributed by atoms with Gasteiger partial charge in [0.15, 0.2) is 0 Å². The Balaban J connectivity index is 2.77. The summed E-state index contributed by atoms with van der Waals surface area (Å²) in [5, 5.41) is 19.1. The summed E-state index contributed by atoms with van der Waals surface area (Å²) in [6, 6.07) is 3.14. The molecule has 1 aromatic heterocycles. The van der Waals surface area contributed by atoms with E-state index >= 15 is 0 Å². The highest BCUT2D eigenvalue weighted by Crippen LogP contribution is 2.15. The Morgan fingerprint density at radius 3 is 2.62 bits per heavy atom. The lowest BCUT2D eigenvalue weighted by Gasteiger charge is -2.14. The summed E-state index contributed by atoms with van der Waals surface area (Å²) in [5.74, 6) is 0. The fraction of sp³-hybridized carbons (Fsp3) is 0.375. The van der Waals surface area contributed by atoms with Crippen LogP contribution in [0.2, 0.25) is 5.02 Å². The molecule has 0 spiro atoms. The Labute approximate surface area is 81.0 Å². The van der Waals surface area contributed by atoms with Gasteiger partial charge in [-0.25, -0.2) is 0 Å². The standard InChI is InChI=1S/C8H11ClN2O2/c9-5-1-2-6(11-4-5)8(13)7(12)3-10/h1-2,4,7-8,12-13H,3,10H2. The van der Waals surface area contributed by atoms with Crippen LogP contribution < -0.4 is 5.73 Å². The van der Waals surface area contributed by atoms with Crippen molar-refractivity contribution in [3.8, 4) is 0 Å². The van der Waals surface area contributed by atoms with Crippen LogP contribution in [0.5, 0.6) is 0 Å². The van der Waals surface area contributed by atoms with Gasteiger partial charge in [0.05, 0.1) is 16.8 Å². The second kappa shape index (κ2) is 4.53. The van der Waals surface area contributed by atoms with Crippen LogP contribution in [0.1, 0.15) is 11.8 Å². The lowest BCUT2D eigenvalue weighted by atomic mass is 10.1. The van der Waals surface area contributed by atoms with E-state index < -0.39 is 12.2 Å². The Bertz CT molecular complexity index is 265. The summed E-state index contributed by atoms with van der Waals surface area (Å²) in [5.41, 5.74) is 5.54. The Morgan fingerprint density at radius 1 is 1.46 bits per heavy atom. The average molecular weight is 203 g/mol. The molecule has 2 atom stereocenters. The van der Waals surface area contributed by atoms with Gasteiger partial charge in [-0.3, -0.25) is 4.98 Å². The van der Waals surface area contributed by atoms with Crippen molar-refractivity contribution >= 4 is 11.6 Å². The van der Waals surface area contributed by atoms with Gasteiger partial charge >= 0.3 is 0 Å². The van der Waals surface area contributed by atoms with Crippen molar-refractivity contribution in [3.63, 3.8) is 0 Å². The molecular weight excluding hydrogens is 192 g/mol. The lowest BCUT2D eigenvalue weighted by Crippen LogP contribution is -2.27. The average Bonchev–Trinajstić information content (AvgIpc) is 2.17. The minimum atomic E-state index is -1.05. The number of rotatable bonds is 3. The van der Waals surface area contributed by atoms with E-state index in [0.717, 1.165) is 0 Å². The molecule has 4 N–H and O–H groups in total. The molecule has 0 amide bonds. The fourth-order valence-electron chi connectivity index (χ4n) is 0.888. The van der Waals surface area contributed by atoms with Crippen LogP contribution in [0.4, 0.5) is 0 Å². The molecule has 1 rings (SSSR count). The molecule has 1 aromatic rings. The molecule has 13 heavy (non-hydrogen) atoms. The molecule has 5 heteroatoms. The van der Waals surface area contributed by atoms with E-state index in [4.69, 9.17) is 17.3 Å². The molecule has 0 saturated heterocycles. The number of aliphatic hydroxyl groups excluding tert-OH is 2. The third kappa shape index (κ3) is 2.63. The summed E-state index contributed by atoms with van der Waals surface area (Å²) in [6.07, 6.45) is -0.639. The van der Waals surface area contributed by atoms with Crippen LogP contribution in [0.25, 0.3) is 0 Å². The minimum Gasteiger partial charge on any atom is -0.389 e. The van der Waals surface area contributed by atoms with E-state index in [0.29, 0.717) is 10.7 Å². The molecule has 0 fully saturated rings. The van der Waals surface area contributed by atoms with Crippen LogP contribution in [0, 0.1) is 0 Å². The van der Waals surface area contributed by atoms with Gasteiger partial charge in [-0.15, -0.1) is 0 Å². The first-order chi connectivity index (χ1) is 6.15. The van der Waals surface area contributed by atoms with E-state index in [9.17, 15) is 10.2 Å². The van der Waals surface area contributed by atoms with Crippen molar-refractivity contribution in [1.82, 2.24) is 4.98 Å². The largest absolute Gasteiger partial charge is 0.389 e. The van der Waals surface area contributed by atoms with Gasteiger partial charge < -0.3 is 15.9 Å². The molecule has 0 aromatic carbocycles. The summed E-state index contributed by atoms with van der Waals surface area (Å²) in [4.78, 5) is 3.85. The predicted octanol–water partition coefficient (Wildman–Crippen LogP) is 0.0880. The smallest absolute Gasteiger partial charge is 0.123 e. The molecule has 0 bridgehead atoms. The third-order valence-electron chi connectivity index (χ3n) is 1.66. The zero-order valence-corrected chi connectivity index (χ0v) is 7.65. The molecule has 0 aliphatic rings. The van der Waals surface area contributed by atoms with E-state index in [1.807, 2.05) is 0 Å². The molecule has 0 radical (unpaired) electrons.